The molecule has 0 amide bonds. The molecule has 0 spiro atoms. The lowest BCUT2D eigenvalue weighted by atomic mass is 9.84. The van der Waals surface area contributed by atoms with Crippen LogP contribution in [0, 0.1) is 5.82 Å². The third-order valence-corrected chi connectivity index (χ3v) is 2.49. The number of benzene rings is 1. The van der Waals surface area contributed by atoms with E-state index >= 15 is 0 Å². The third kappa shape index (κ3) is 1.99. The van der Waals surface area contributed by atoms with E-state index in [9.17, 15) is 14.0 Å². The van der Waals surface area contributed by atoms with Crippen molar-refractivity contribution in [3.05, 3.63) is 34.6 Å². The van der Waals surface area contributed by atoms with Gasteiger partial charge < -0.3 is 9.90 Å². The van der Waals surface area contributed by atoms with Crippen molar-refractivity contribution >= 4 is 23.9 Å². The van der Waals surface area contributed by atoms with E-state index in [0.29, 0.717) is 6.29 Å². The van der Waals surface area contributed by atoms with Crippen LogP contribution in [-0.4, -0.2) is 17.4 Å². The van der Waals surface area contributed by atoms with E-state index in [4.69, 9.17) is 16.7 Å². The first-order chi connectivity index (χ1) is 6.91. The quantitative estimate of drug-likeness (QED) is 0.639. The maximum absolute atomic E-state index is 12.8. The van der Waals surface area contributed by atoms with Crippen LogP contribution in [0.4, 0.5) is 4.39 Å². The summed E-state index contributed by atoms with van der Waals surface area (Å²) in [7, 11) is 0. The van der Waals surface area contributed by atoms with E-state index in [1.54, 1.807) is 0 Å². The van der Waals surface area contributed by atoms with Gasteiger partial charge in [0.15, 0.2) is 0 Å². The molecule has 3 nitrogen and oxygen atoms in total. The van der Waals surface area contributed by atoms with Gasteiger partial charge in [0.25, 0.3) is 0 Å². The SMILES string of the molecule is CC(C=O)(C(=O)O)c1ccc(F)c(Cl)c1. The van der Waals surface area contributed by atoms with Gasteiger partial charge in [0, 0.05) is 0 Å². The highest BCUT2D eigenvalue weighted by Gasteiger charge is 2.35. The van der Waals surface area contributed by atoms with Gasteiger partial charge in [-0.15, -0.1) is 0 Å². The summed E-state index contributed by atoms with van der Waals surface area (Å²) in [6, 6.07) is 3.39. The second kappa shape index (κ2) is 3.98. The van der Waals surface area contributed by atoms with Gasteiger partial charge in [-0.25, -0.2) is 4.39 Å². The molecule has 0 saturated heterocycles. The van der Waals surface area contributed by atoms with E-state index in [1.807, 2.05) is 0 Å². The van der Waals surface area contributed by atoms with Gasteiger partial charge in [-0.05, 0) is 24.6 Å². The molecule has 0 aliphatic carbocycles. The van der Waals surface area contributed by atoms with Gasteiger partial charge >= 0.3 is 5.97 Å². The summed E-state index contributed by atoms with van der Waals surface area (Å²) >= 11 is 5.50. The molecule has 80 valence electrons. The number of aliphatic carboxylic acids is 1. The Morgan fingerprint density at radius 3 is 2.60 bits per heavy atom. The van der Waals surface area contributed by atoms with Crippen LogP contribution in [0.5, 0.6) is 0 Å². The Hall–Kier alpha value is -1.42. The topological polar surface area (TPSA) is 54.4 Å². The van der Waals surface area contributed by atoms with Gasteiger partial charge in [-0.2, -0.15) is 0 Å². The second-order valence-corrected chi connectivity index (χ2v) is 3.66. The first-order valence-corrected chi connectivity index (χ1v) is 4.45. The molecule has 1 aromatic rings. The second-order valence-electron chi connectivity index (χ2n) is 3.25. The monoisotopic (exact) mass is 230 g/mol. The van der Waals surface area contributed by atoms with Gasteiger partial charge in [0.2, 0.25) is 0 Å². The minimum Gasteiger partial charge on any atom is -0.480 e. The summed E-state index contributed by atoms with van der Waals surface area (Å²) in [4.78, 5) is 21.6. The molecule has 1 N–H and O–H groups in total. The molecule has 15 heavy (non-hydrogen) atoms. The van der Waals surface area contributed by atoms with Gasteiger partial charge in [-0.1, -0.05) is 17.7 Å². The first-order valence-electron chi connectivity index (χ1n) is 4.07. The fourth-order valence-corrected chi connectivity index (χ4v) is 1.24. The fraction of sp³-hybridized carbons (Fsp3) is 0.200. The molecule has 1 atom stereocenters. The van der Waals surface area contributed by atoms with Crippen molar-refractivity contribution in [1.29, 1.82) is 0 Å². The van der Waals surface area contributed by atoms with Crippen molar-refractivity contribution in [1.82, 2.24) is 0 Å². The molecule has 0 saturated carbocycles. The summed E-state index contributed by atoms with van der Waals surface area (Å²) in [5, 5.41) is 8.67. The lowest BCUT2D eigenvalue weighted by molar-refractivity contribution is -0.145. The molecule has 0 radical (unpaired) electrons. The number of aldehydes is 1. The van der Waals surface area contributed by atoms with Crippen LogP contribution in [0.15, 0.2) is 18.2 Å². The Morgan fingerprint density at radius 1 is 1.60 bits per heavy atom. The Labute approximate surface area is 90.5 Å². The molecule has 0 bridgehead atoms. The number of hydrogen-bond acceptors (Lipinski definition) is 2. The van der Waals surface area contributed by atoms with Gasteiger partial charge in [0.1, 0.15) is 17.5 Å². The molecular formula is C10H8ClFO3. The van der Waals surface area contributed by atoms with Crippen molar-refractivity contribution in [3.8, 4) is 0 Å². The molecular weight excluding hydrogens is 223 g/mol. The first kappa shape index (κ1) is 11.7. The Kier molecular flexibility index (Phi) is 3.09. The highest BCUT2D eigenvalue weighted by molar-refractivity contribution is 6.30. The lowest BCUT2D eigenvalue weighted by Crippen LogP contribution is -2.34. The minimum absolute atomic E-state index is 0.149. The summed E-state index contributed by atoms with van der Waals surface area (Å²) in [5.74, 6) is -1.96. The summed E-state index contributed by atoms with van der Waals surface area (Å²) in [6.07, 6.45) is 0.291. The number of carbonyl (C=O) groups is 2. The summed E-state index contributed by atoms with van der Waals surface area (Å²) in [5.41, 5.74) is -1.55. The van der Waals surface area contributed by atoms with Crippen molar-refractivity contribution in [3.63, 3.8) is 0 Å². The van der Waals surface area contributed by atoms with Crippen LogP contribution in [0.3, 0.4) is 0 Å². The van der Waals surface area contributed by atoms with Crippen molar-refractivity contribution in [2.45, 2.75) is 12.3 Å². The van der Waals surface area contributed by atoms with E-state index in [-0.39, 0.29) is 10.6 Å². The van der Waals surface area contributed by atoms with E-state index in [2.05, 4.69) is 0 Å². The minimum atomic E-state index is -1.70. The van der Waals surface area contributed by atoms with Crippen molar-refractivity contribution in [2.75, 3.05) is 0 Å². The molecule has 0 aliphatic rings. The van der Waals surface area contributed by atoms with Gasteiger partial charge in [0.05, 0.1) is 5.02 Å². The highest BCUT2D eigenvalue weighted by Crippen LogP contribution is 2.26. The molecule has 1 rings (SSSR count). The standard InChI is InChI=1S/C10H8ClFO3/c1-10(5-13,9(14)15)6-2-3-8(12)7(11)4-6/h2-5H,1H3,(H,14,15). The number of carboxylic acids is 1. The Morgan fingerprint density at radius 2 is 2.20 bits per heavy atom. The lowest BCUT2D eigenvalue weighted by Gasteiger charge is -2.18. The van der Waals surface area contributed by atoms with Crippen molar-refractivity contribution in [2.24, 2.45) is 0 Å². The summed E-state index contributed by atoms with van der Waals surface area (Å²) < 4.78 is 12.8. The number of carboxylic acid groups (broad SMARTS) is 1. The predicted molar refractivity (Wildman–Crippen MR) is 52.5 cm³/mol. The van der Waals surface area contributed by atoms with E-state index in [1.165, 1.54) is 13.0 Å². The van der Waals surface area contributed by atoms with E-state index in [0.717, 1.165) is 12.1 Å². The smallest absolute Gasteiger partial charge is 0.321 e. The molecule has 0 heterocycles. The molecule has 5 heteroatoms. The van der Waals surface area contributed by atoms with Crippen LogP contribution in [-0.2, 0) is 15.0 Å². The maximum atomic E-state index is 12.8. The molecule has 1 unspecified atom stereocenters. The molecule has 0 aliphatic heterocycles. The number of hydrogen-bond donors (Lipinski definition) is 1. The normalized spacial score (nSPS) is 14.3. The average molecular weight is 231 g/mol. The fourth-order valence-electron chi connectivity index (χ4n) is 1.06. The Bertz CT molecular complexity index is 419. The molecule has 0 fully saturated rings. The number of rotatable bonds is 3. The number of halogens is 2. The zero-order valence-electron chi connectivity index (χ0n) is 7.83. The predicted octanol–water partition coefficient (Wildman–Crippen LogP) is 2.02. The zero-order valence-corrected chi connectivity index (χ0v) is 8.58. The average Bonchev–Trinajstić information content (AvgIpc) is 2.20. The zero-order chi connectivity index (χ0) is 11.6. The third-order valence-electron chi connectivity index (χ3n) is 2.20. The Balaban J connectivity index is 3.31. The summed E-state index contributed by atoms with van der Waals surface area (Å²) in [6.45, 7) is 1.23. The maximum Gasteiger partial charge on any atom is 0.321 e. The largest absolute Gasteiger partial charge is 0.480 e. The van der Waals surface area contributed by atoms with Crippen molar-refractivity contribution < 1.29 is 19.1 Å². The van der Waals surface area contributed by atoms with Crippen LogP contribution in [0.2, 0.25) is 5.02 Å². The van der Waals surface area contributed by atoms with Crippen LogP contribution in [0.25, 0.3) is 0 Å². The molecule has 1 aromatic carbocycles. The van der Waals surface area contributed by atoms with Gasteiger partial charge in [-0.3, -0.25) is 4.79 Å². The van der Waals surface area contributed by atoms with Crippen LogP contribution in [0.1, 0.15) is 12.5 Å². The van der Waals surface area contributed by atoms with Crippen LogP contribution >= 0.6 is 11.6 Å². The van der Waals surface area contributed by atoms with Crippen LogP contribution < -0.4 is 0 Å². The van der Waals surface area contributed by atoms with E-state index < -0.39 is 17.2 Å². The number of carbonyl (C=O) groups excluding carboxylic acids is 1. The highest BCUT2D eigenvalue weighted by atomic mass is 35.5. The molecule has 0 aromatic heterocycles.